The standard InChI is InChI=1S/C65H36N4O2S/c1-2-16-39-36-52-49(34-38(39)15-1)59-41-17-4-3-14-37(41)30-33-51(59)69(52)50-32-31-40(35-48(50)42-21-13-29-58-62(42)45-20-7-10-28-57(45)72-58)63-66-64(46-22-11-26-55-60(46)43-18-5-8-24-53(43)70-55)68-65(67-63)47-23-12-27-56-61(47)44-19-6-9-25-54(44)71-56/h1-36H. The molecule has 7 heteroatoms. The molecular formula is C65H36N4O2S. The zero-order valence-corrected chi connectivity index (χ0v) is 39.1. The van der Waals surface area contributed by atoms with E-state index in [0.29, 0.717) is 17.5 Å². The fraction of sp³-hybridized carbons (Fsp3) is 0. The van der Waals surface area contributed by atoms with Gasteiger partial charge in [0.1, 0.15) is 22.3 Å². The van der Waals surface area contributed by atoms with Gasteiger partial charge in [-0.15, -0.1) is 11.3 Å². The van der Waals surface area contributed by atoms with Crippen LogP contribution in [-0.2, 0) is 0 Å². The molecule has 334 valence electrons. The Hall–Kier alpha value is -9.43. The molecule has 0 aliphatic heterocycles. The van der Waals surface area contributed by atoms with Crippen molar-refractivity contribution in [2.45, 2.75) is 0 Å². The van der Waals surface area contributed by atoms with Gasteiger partial charge in [-0.2, -0.15) is 0 Å². The third kappa shape index (κ3) is 5.74. The number of furan rings is 2. The van der Waals surface area contributed by atoms with Crippen LogP contribution in [0.1, 0.15) is 0 Å². The first-order chi connectivity index (χ1) is 35.7. The number of aromatic nitrogens is 4. The number of benzene rings is 11. The quantitative estimate of drug-likeness (QED) is 0.172. The van der Waals surface area contributed by atoms with Gasteiger partial charge in [0.2, 0.25) is 0 Å². The lowest BCUT2D eigenvalue weighted by Gasteiger charge is -2.17. The second kappa shape index (κ2) is 15.0. The summed E-state index contributed by atoms with van der Waals surface area (Å²) in [5.74, 6) is 1.66. The van der Waals surface area contributed by atoms with Gasteiger partial charge in [0.05, 0.1) is 16.7 Å². The third-order valence-electron chi connectivity index (χ3n) is 14.6. The summed E-state index contributed by atoms with van der Waals surface area (Å²) in [7, 11) is 0. The van der Waals surface area contributed by atoms with Crippen LogP contribution in [0.15, 0.2) is 227 Å². The minimum atomic E-state index is 0.551. The summed E-state index contributed by atoms with van der Waals surface area (Å²) in [5, 5.41) is 13.7. The van der Waals surface area contributed by atoms with Gasteiger partial charge in [0.15, 0.2) is 17.5 Å². The van der Waals surface area contributed by atoms with Crippen molar-refractivity contribution in [2.24, 2.45) is 0 Å². The monoisotopic (exact) mass is 936 g/mol. The summed E-state index contributed by atoms with van der Waals surface area (Å²) < 4.78 is 17.8. The molecule has 6 nitrogen and oxygen atoms in total. The number of para-hydroxylation sites is 2. The Morgan fingerprint density at radius 2 is 0.875 bits per heavy atom. The van der Waals surface area contributed by atoms with Gasteiger partial charge in [0, 0.05) is 74.7 Å². The van der Waals surface area contributed by atoms with Crippen molar-refractivity contribution in [3.05, 3.63) is 218 Å². The Labute approximate surface area is 414 Å². The first kappa shape index (κ1) is 39.4. The maximum absolute atomic E-state index is 6.44. The van der Waals surface area contributed by atoms with Crippen LogP contribution in [0.2, 0.25) is 0 Å². The largest absolute Gasteiger partial charge is 0.456 e. The van der Waals surface area contributed by atoms with E-state index in [2.05, 4.69) is 162 Å². The highest BCUT2D eigenvalue weighted by Crippen LogP contribution is 2.47. The molecule has 0 amide bonds. The van der Waals surface area contributed by atoms with E-state index in [0.717, 1.165) is 88.4 Å². The van der Waals surface area contributed by atoms with Crippen molar-refractivity contribution in [3.63, 3.8) is 0 Å². The Morgan fingerprint density at radius 1 is 0.319 bits per heavy atom. The summed E-state index contributed by atoms with van der Waals surface area (Å²) in [6, 6.07) is 77.6. The van der Waals surface area contributed by atoms with E-state index in [9.17, 15) is 0 Å². The van der Waals surface area contributed by atoms with Gasteiger partial charge >= 0.3 is 0 Å². The number of hydrogen-bond acceptors (Lipinski definition) is 6. The van der Waals surface area contributed by atoms with Gasteiger partial charge in [-0.3, -0.25) is 0 Å². The maximum atomic E-state index is 6.44. The molecule has 0 spiro atoms. The molecule has 0 saturated carbocycles. The van der Waals surface area contributed by atoms with Crippen LogP contribution < -0.4 is 0 Å². The van der Waals surface area contributed by atoms with Crippen LogP contribution in [0.5, 0.6) is 0 Å². The van der Waals surface area contributed by atoms with Crippen molar-refractivity contribution >= 4 is 119 Å². The van der Waals surface area contributed by atoms with E-state index in [1.54, 1.807) is 0 Å². The van der Waals surface area contributed by atoms with Crippen LogP contribution in [0, 0.1) is 0 Å². The Bertz CT molecular complexity index is 4830. The smallest absolute Gasteiger partial charge is 0.164 e. The number of nitrogens with zero attached hydrogens (tertiary/aromatic N) is 4. The molecule has 72 heavy (non-hydrogen) atoms. The lowest BCUT2D eigenvalue weighted by atomic mass is 9.95. The molecule has 16 aromatic rings. The second-order valence-corrected chi connectivity index (χ2v) is 19.7. The summed E-state index contributed by atoms with van der Waals surface area (Å²) >= 11 is 1.83. The minimum absolute atomic E-state index is 0.551. The highest BCUT2D eigenvalue weighted by molar-refractivity contribution is 7.26. The molecular weight excluding hydrogens is 901 g/mol. The fourth-order valence-corrected chi connectivity index (χ4v) is 12.6. The topological polar surface area (TPSA) is 69.9 Å². The summed E-state index contributed by atoms with van der Waals surface area (Å²) in [6.07, 6.45) is 0. The number of fused-ring (bicyclic) bond motifs is 15. The van der Waals surface area contributed by atoms with Gasteiger partial charge in [-0.05, 0) is 99.9 Å². The summed E-state index contributed by atoms with van der Waals surface area (Å²) in [6.45, 7) is 0. The predicted octanol–water partition coefficient (Wildman–Crippen LogP) is 18.1. The molecule has 5 aromatic heterocycles. The molecule has 5 heterocycles. The van der Waals surface area contributed by atoms with E-state index in [4.69, 9.17) is 23.8 Å². The maximum Gasteiger partial charge on any atom is 0.164 e. The average Bonchev–Trinajstić information content (AvgIpc) is 4.21. The molecule has 11 aromatic carbocycles. The Kier molecular flexibility index (Phi) is 8.23. The van der Waals surface area contributed by atoms with E-state index >= 15 is 0 Å². The molecule has 0 saturated heterocycles. The zero-order chi connectivity index (χ0) is 47.0. The van der Waals surface area contributed by atoms with E-state index in [-0.39, 0.29) is 0 Å². The van der Waals surface area contributed by atoms with Crippen molar-refractivity contribution < 1.29 is 8.83 Å². The predicted molar refractivity (Wildman–Crippen MR) is 298 cm³/mol. The molecule has 0 fully saturated rings. The molecule has 0 N–H and O–H groups in total. The van der Waals surface area contributed by atoms with Crippen molar-refractivity contribution in [1.29, 1.82) is 0 Å². The Balaban J connectivity index is 1.02. The van der Waals surface area contributed by atoms with Crippen LogP contribution in [0.25, 0.3) is 158 Å². The third-order valence-corrected chi connectivity index (χ3v) is 15.8. The molecule has 16 rings (SSSR count). The molecule has 0 aliphatic carbocycles. The average molecular weight is 937 g/mol. The highest BCUT2D eigenvalue weighted by atomic mass is 32.1. The van der Waals surface area contributed by atoms with E-state index in [1.165, 1.54) is 52.5 Å². The molecule has 0 atom stereocenters. The summed E-state index contributed by atoms with van der Waals surface area (Å²) in [4.78, 5) is 16.3. The normalized spacial score (nSPS) is 12.2. The van der Waals surface area contributed by atoms with Crippen molar-refractivity contribution in [3.8, 4) is 51.0 Å². The molecule has 0 bridgehead atoms. The van der Waals surface area contributed by atoms with Gasteiger partial charge in [-0.1, -0.05) is 146 Å². The van der Waals surface area contributed by atoms with Crippen LogP contribution >= 0.6 is 11.3 Å². The molecule has 0 aliphatic rings. The highest BCUT2D eigenvalue weighted by Gasteiger charge is 2.24. The second-order valence-electron chi connectivity index (χ2n) is 18.6. The summed E-state index contributed by atoms with van der Waals surface area (Å²) in [5.41, 5.74) is 11.3. The van der Waals surface area contributed by atoms with Gasteiger partial charge in [-0.25, -0.2) is 15.0 Å². The minimum Gasteiger partial charge on any atom is -0.456 e. The van der Waals surface area contributed by atoms with Crippen molar-refractivity contribution in [2.75, 3.05) is 0 Å². The number of rotatable bonds is 5. The van der Waals surface area contributed by atoms with Crippen LogP contribution in [0.4, 0.5) is 0 Å². The van der Waals surface area contributed by atoms with Gasteiger partial charge in [0.25, 0.3) is 0 Å². The SMILES string of the molecule is c1ccc2cc3c(cc2c1)c1c2ccccc2ccc1n3-c1ccc(-c2nc(-c3cccc4oc5ccccc5c34)nc(-c3cccc4oc5ccccc5c34)n2)cc1-c1cccc2sc3ccccc3c12. The molecule has 0 unspecified atom stereocenters. The van der Waals surface area contributed by atoms with E-state index in [1.807, 2.05) is 72.0 Å². The Morgan fingerprint density at radius 3 is 1.60 bits per heavy atom. The zero-order valence-electron chi connectivity index (χ0n) is 38.3. The number of hydrogen-bond donors (Lipinski definition) is 0. The first-order valence-corrected chi connectivity index (χ1v) is 25.0. The number of thiophene rings is 1. The first-order valence-electron chi connectivity index (χ1n) is 24.2. The fourth-order valence-electron chi connectivity index (χ4n) is 11.5. The van der Waals surface area contributed by atoms with Crippen LogP contribution in [-0.4, -0.2) is 19.5 Å². The van der Waals surface area contributed by atoms with Gasteiger partial charge < -0.3 is 13.4 Å². The molecule has 0 radical (unpaired) electrons. The lowest BCUT2D eigenvalue weighted by Crippen LogP contribution is -2.02. The van der Waals surface area contributed by atoms with Crippen LogP contribution in [0.3, 0.4) is 0 Å². The van der Waals surface area contributed by atoms with E-state index < -0.39 is 0 Å². The van der Waals surface area contributed by atoms with Crippen molar-refractivity contribution in [1.82, 2.24) is 19.5 Å². The lowest BCUT2D eigenvalue weighted by molar-refractivity contribution is 0.668.